The second-order valence-electron chi connectivity index (χ2n) is 3.38. The number of hydrogen-bond acceptors (Lipinski definition) is 5. The van der Waals surface area contributed by atoms with Gasteiger partial charge in [0.05, 0.1) is 19.2 Å². The molecule has 6 heteroatoms. The normalized spacial score (nSPS) is 20.4. The molecule has 0 radical (unpaired) electrons. The molecule has 1 aliphatic heterocycles. The van der Waals surface area contributed by atoms with Crippen LogP contribution in [0.2, 0.25) is 0 Å². The Morgan fingerprint density at radius 3 is 3.06 bits per heavy atom. The zero-order chi connectivity index (χ0) is 11.5. The summed E-state index contributed by atoms with van der Waals surface area (Å²) >= 11 is 0. The van der Waals surface area contributed by atoms with Gasteiger partial charge in [0.2, 0.25) is 5.76 Å². The van der Waals surface area contributed by atoms with Crippen molar-refractivity contribution in [1.29, 1.82) is 5.26 Å². The molecule has 1 fully saturated rings. The molecule has 16 heavy (non-hydrogen) atoms. The lowest BCUT2D eigenvalue weighted by Crippen LogP contribution is -2.41. The molecule has 1 saturated heterocycles. The Kier molecular flexibility index (Phi) is 2.79. The standard InChI is InChI=1S/C10H10N2O4/c11-5-7-6-12(3-4-15-7)9-2-1-8(16-9)10(13)14/h1-2,7H,3-4,6H2,(H,13,14). The molecule has 2 heterocycles. The quantitative estimate of drug-likeness (QED) is 0.792. The molecule has 6 nitrogen and oxygen atoms in total. The number of furan rings is 1. The largest absolute Gasteiger partial charge is 0.475 e. The van der Waals surface area contributed by atoms with Crippen molar-refractivity contribution in [3.63, 3.8) is 0 Å². The van der Waals surface area contributed by atoms with E-state index in [0.717, 1.165) is 0 Å². The average Bonchev–Trinajstić information content (AvgIpc) is 2.78. The lowest BCUT2D eigenvalue weighted by molar-refractivity contribution is 0.0657. The number of carboxylic acid groups (broad SMARTS) is 1. The predicted molar refractivity (Wildman–Crippen MR) is 53.2 cm³/mol. The number of morpholine rings is 1. The van der Waals surface area contributed by atoms with Crippen LogP contribution in [0.1, 0.15) is 10.6 Å². The Morgan fingerprint density at radius 1 is 1.62 bits per heavy atom. The highest BCUT2D eigenvalue weighted by Crippen LogP contribution is 2.20. The smallest absolute Gasteiger partial charge is 0.371 e. The van der Waals surface area contributed by atoms with Gasteiger partial charge < -0.3 is 19.2 Å². The molecule has 1 aromatic heterocycles. The minimum absolute atomic E-state index is 0.102. The summed E-state index contributed by atoms with van der Waals surface area (Å²) in [6, 6.07) is 5.00. The number of carbonyl (C=O) groups is 1. The summed E-state index contributed by atoms with van der Waals surface area (Å²) in [7, 11) is 0. The summed E-state index contributed by atoms with van der Waals surface area (Å²) in [6.45, 7) is 1.41. The van der Waals surface area contributed by atoms with Crippen molar-refractivity contribution in [1.82, 2.24) is 0 Å². The van der Waals surface area contributed by atoms with Crippen LogP contribution < -0.4 is 4.90 Å². The fourth-order valence-electron chi connectivity index (χ4n) is 1.54. The van der Waals surface area contributed by atoms with E-state index in [4.69, 9.17) is 19.5 Å². The van der Waals surface area contributed by atoms with Gasteiger partial charge in [-0.2, -0.15) is 5.26 Å². The number of ether oxygens (including phenoxy) is 1. The number of hydrogen-bond donors (Lipinski definition) is 1. The first-order valence-electron chi connectivity index (χ1n) is 4.80. The highest BCUT2D eigenvalue weighted by atomic mass is 16.5. The van der Waals surface area contributed by atoms with Crippen molar-refractivity contribution >= 4 is 11.9 Å². The van der Waals surface area contributed by atoms with Gasteiger partial charge in [0.1, 0.15) is 0 Å². The van der Waals surface area contributed by atoms with Crippen LogP contribution in [-0.2, 0) is 4.74 Å². The first-order chi connectivity index (χ1) is 7.70. The van der Waals surface area contributed by atoms with Gasteiger partial charge in [-0.15, -0.1) is 0 Å². The number of anilines is 1. The van der Waals surface area contributed by atoms with Gasteiger partial charge in [-0.1, -0.05) is 0 Å². The maximum absolute atomic E-state index is 10.6. The third-order valence-electron chi connectivity index (χ3n) is 2.32. The third-order valence-corrected chi connectivity index (χ3v) is 2.32. The van der Waals surface area contributed by atoms with Gasteiger partial charge in [0.15, 0.2) is 12.0 Å². The first kappa shape index (κ1) is 10.5. The molecule has 0 bridgehead atoms. The second kappa shape index (κ2) is 4.24. The Morgan fingerprint density at radius 2 is 2.44 bits per heavy atom. The van der Waals surface area contributed by atoms with E-state index in [1.807, 2.05) is 6.07 Å². The summed E-state index contributed by atoms with van der Waals surface area (Å²) in [5.74, 6) is -0.743. The van der Waals surface area contributed by atoms with Crippen LogP contribution in [0.3, 0.4) is 0 Å². The van der Waals surface area contributed by atoms with Crippen LogP contribution in [0.25, 0.3) is 0 Å². The van der Waals surface area contributed by atoms with Crippen molar-refractivity contribution in [3.8, 4) is 6.07 Å². The lowest BCUT2D eigenvalue weighted by Gasteiger charge is -2.29. The van der Waals surface area contributed by atoms with Crippen LogP contribution in [0.5, 0.6) is 0 Å². The third kappa shape index (κ3) is 1.99. The van der Waals surface area contributed by atoms with Gasteiger partial charge in [-0.25, -0.2) is 4.79 Å². The number of rotatable bonds is 2. The van der Waals surface area contributed by atoms with Gasteiger partial charge in [-0.3, -0.25) is 0 Å². The molecule has 1 aliphatic rings. The van der Waals surface area contributed by atoms with Gasteiger partial charge >= 0.3 is 5.97 Å². The summed E-state index contributed by atoms with van der Waals surface area (Å²) in [6.07, 6.45) is -0.493. The zero-order valence-corrected chi connectivity index (χ0v) is 8.42. The summed E-state index contributed by atoms with van der Waals surface area (Å²) in [5.41, 5.74) is 0. The van der Waals surface area contributed by atoms with Gasteiger partial charge in [0.25, 0.3) is 0 Å². The first-order valence-corrected chi connectivity index (χ1v) is 4.80. The van der Waals surface area contributed by atoms with E-state index in [9.17, 15) is 4.79 Å². The maximum Gasteiger partial charge on any atom is 0.371 e. The fourth-order valence-corrected chi connectivity index (χ4v) is 1.54. The second-order valence-corrected chi connectivity index (χ2v) is 3.38. The molecule has 2 rings (SSSR count). The number of aromatic carboxylic acids is 1. The molecule has 0 aromatic carbocycles. The number of nitrogens with zero attached hydrogens (tertiary/aromatic N) is 2. The van der Waals surface area contributed by atoms with Crippen LogP contribution >= 0.6 is 0 Å². The molecular weight excluding hydrogens is 212 g/mol. The fraction of sp³-hybridized carbons (Fsp3) is 0.400. The monoisotopic (exact) mass is 222 g/mol. The van der Waals surface area contributed by atoms with E-state index >= 15 is 0 Å². The van der Waals surface area contributed by atoms with Crippen molar-refractivity contribution in [2.24, 2.45) is 0 Å². The Bertz CT molecular complexity index is 434. The summed E-state index contributed by atoms with van der Waals surface area (Å²) < 4.78 is 10.3. The van der Waals surface area contributed by atoms with Gasteiger partial charge in [0, 0.05) is 12.6 Å². The lowest BCUT2D eigenvalue weighted by atomic mass is 10.3. The van der Waals surface area contributed by atoms with Crippen molar-refractivity contribution in [2.45, 2.75) is 6.10 Å². The molecule has 1 N–H and O–H groups in total. The van der Waals surface area contributed by atoms with Crippen LogP contribution in [0, 0.1) is 11.3 Å². The highest BCUT2D eigenvalue weighted by Gasteiger charge is 2.23. The van der Waals surface area contributed by atoms with E-state index < -0.39 is 12.1 Å². The van der Waals surface area contributed by atoms with Crippen molar-refractivity contribution < 1.29 is 19.1 Å². The van der Waals surface area contributed by atoms with Crippen LogP contribution in [-0.4, -0.2) is 36.9 Å². The predicted octanol–water partition coefficient (Wildman–Crippen LogP) is 0.707. The number of carboxylic acids is 1. The van der Waals surface area contributed by atoms with Gasteiger partial charge in [-0.05, 0) is 6.07 Å². The summed E-state index contributed by atoms with van der Waals surface area (Å²) in [5, 5.41) is 17.4. The molecule has 0 spiro atoms. The summed E-state index contributed by atoms with van der Waals surface area (Å²) in [4.78, 5) is 12.4. The average molecular weight is 222 g/mol. The van der Waals surface area contributed by atoms with E-state index in [0.29, 0.717) is 25.6 Å². The van der Waals surface area contributed by atoms with Crippen molar-refractivity contribution in [2.75, 3.05) is 24.6 Å². The maximum atomic E-state index is 10.6. The molecule has 1 unspecified atom stereocenters. The van der Waals surface area contributed by atoms with E-state index in [1.54, 1.807) is 11.0 Å². The molecule has 84 valence electrons. The van der Waals surface area contributed by atoms with E-state index in [2.05, 4.69) is 0 Å². The molecule has 0 amide bonds. The zero-order valence-electron chi connectivity index (χ0n) is 8.42. The van der Waals surface area contributed by atoms with Crippen LogP contribution in [0.15, 0.2) is 16.5 Å². The molecule has 0 saturated carbocycles. The molecular formula is C10H10N2O4. The van der Waals surface area contributed by atoms with E-state index in [1.165, 1.54) is 6.07 Å². The number of nitriles is 1. The minimum Gasteiger partial charge on any atom is -0.475 e. The molecule has 0 aliphatic carbocycles. The molecule has 1 atom stereocenters. The van der Waals surface area contributed by atoms with Crippen LogP contribution in [0.4, 0.5) is 5.88 Å². The Balaban J connectivity index is 2.11. The topological polar surface area (TPSA) is 86.7 Å². The van der Waals surface area contributed by atoms with Crippen molar-refractivity contribution in [3.05, 3.63) is 17.9 Å². The Labute approximate surface area is 91.6 Å². The van der Waals surface area contributed by atoms with E-state index in [-0.39, 0.29) is 5.76 Å². The Hall–Kier alpha value is -2.00. The molecule has 1 aromatic rings. The highest BCUT2D eigenvalue weighted by molar-refractivity contribution is 5.84. The minimum atomic E-state index is -1.10. The SMILES string of the molecule is N#CC1CN(c2ccc(C(=O)O)o2)CCO1.